The number of oxazole rings is 1. The van der Waals surface area contributed by atoms with Crippen LogP contribution < -0.4 is 5.76 Å². The lowest BCUT2D eigenvalue weighted by Crippen LogP contribution is -2.45. The molecule has 2 aliphatic rings. The summed E-state index contributed by atoms with van der Waals surface area (Å²) < 4.78 is 33.6. The van der Waals surface area contributed by atoms with Crippen molar-refractivity contribution in [1.82, 2.24) is 13.8 Å². The van der Waals surface area contributed by atoms with E-state index in [-0.39, 0.29) is 29.0 Å². The Labute approximate surface area is 170 Å². The molecule has 1 atom stereocenters. The molecule has 2 aromatic rings. The van der Waals surface area contributed by atoms with Gasteiger partial charge in [0, 0.05) is 31.7 Å². The number of hydrogen-bond donors (Lipinski definition) is 0. The number of carbonyl (C=O) groups is 1. The highest BCUT2D eigenvalue weighted by atomic mass is 32.2. The van der Waals surface area contributed by atoms with Gasteiger partial charge in [0.1, 0.15) is 6.54 Å². The second kappa shape index (κ2) is 7.95. The molecular weight excluding hydrogens is 394 g/mol. The Hall–Kier alpha value is -2.13. The van der Waals surface area contributed by atoms with Crippen molar-refractivity contribution in [2.45, 2.75) is 62.9 Å². The quantitative estimate of drug-likeness (QED) is 0.738. The number of aromatic nitrogens is 1. The van der Waals surface area contributed by atoms with Gasteiger partial charge in [-0.1, -0.05) is 6.92 Å². The van der Waals surface area contributed by atoms with Crippen LogP contribution in [0.5, 0.6) is 0 Å². The van der Waals surface area contributed by atoms with Gasteiger partial charge < -0.3 is 9.32 Å². The van der Waals surface area contributed by atoms with Crippen molar-refractivity contribution >= 4 is 27.0 Å². The first-order chi connectivity index (χ1) is 13.9. The lowest BCUT2D eigenvalue weighted by Gasteiger charge is -2.35. The van der Waals surface area contributed by atoms with Crippen LogP contribution in [0.2, 0.25) is 0 Å². The molecule has 1 aromatic carbocycles. The molecule has 0 radical (unpaired) electrons. The number of amides is 1. The van der Waals surface area contributed by atoms with Crippen molar-refractivity contribution in [1.29, 1.82) is 0 Å². The van der Waals surface area contributed by atoms with Crippen LogP contribution in [0.3, 0.4) is 0 Å². The third-order valence-electron chi connectivity index (χ3n) is 6.05. The van der Waals surface area contributed by atoms with Crippen LogP contribution in [0.25, 0.3) is 11.1 Å². The van der Waals surface area contributed by atoms with E-state index in [1.54, 1.807) is 6.07 Å². The molecule has 1 amide bonds. The molecule has 29 heavy (non-hydrogen) atoms. The maximum absolute atomic E-state index is 12.9. The predicted molar refractivity (Wildman–Crippen MR) is 108 cm³/mol. The molecule has 4 rings (SSSR count). The van der Waals surface area contributed by atoms with Crippen molar-refractivity contribution < 1.29 is 17.6 Å². The third kappa shape index (κ3) is 3.73. The molecule has 2 aliphatic heterocycles. The highest BCUT2D eigenvalue weighted by molar-refractivity contribution is 7.89. The first-order valence-electron chi connectivity index (χ1n) is 10.3. The molecule has 0 unspecified atom stereocenters. The van der Waals surface area contributed by atoms with Gasteiger partial charge in [-0.25, -0.2) is 13.2 Å². The summed E-state index contributed by atoms with van der Waals surface area (Å²) in [6, 6.07) is 4.65. The Morgan fingerprint density at radius 3 is 2.59 bits per heavy atom. The van der Waals surface area contributed by atoms with Gasteiger partial charge in [-0.15, -0.1) is 0 Å². The van der Waals surface area contributed by atoms with Gasteiger partial charge >= 0.3 is 5.76 Å². The molecular formula is C20H27N3O5S. The van der Waals surface area contributed by atoms with E-state index in [1.165, 1.54) is 21.0 Å². The zero-order valence-corrected chi connectivity index (χ0v) is 17.5. The van der Waals surface area contributed by atoms with Gasteiger partial charge in [-0.3, -0.25) is 9.36 Å². The SMILES string of the molecule is CC[C@H]1CCCCN1C(=O)Cn1c(=O)oc2cc(S(=O)(=O)N3CCCC3)ccc21. The van der Waals surface area contributed by atoms with Crippen LogP contribution >= 0.6 is 0 Å². The van der Waals surface area contributed by atoms with Crippen LogP contribution in [0, 0.1) is 0 Å². The highest BCUT2D eigenvalue weighted by Gasteiger charge is 2.29. The van der Waals surface area contributed by atoms with Gasteiger partial charge in [-0.05, 0) is 50.7 Å². The molecule has 3 heterocycles. The van der Waals surface area contributed by atoms with Crippen molar-refractivity contribution in [2.75, 3.05) is 19.6 Å². The lowest BCUT2D eigenvalue weighted by molar-refractivity contribution is -0.135. The predicted octanol–water partition coefficient (Wildman–Crippen LogP) is 2.17. The number of piperidine rings is 1. The van der Waals surface area contributed by atoms with Gasteiger partial charge in [0.2, 0.25) is 15.9 Å². The average Bonchev–Trinajstić information content (AvgIpc) is 3.36. The molecule has 9 heteroatoms. The maximum atomic E-state index is 12.9. The summed E-state index contributed by atoms with van der Waals surface area (Å²) in [4.78, 5) is 27.2. The fraction of sp³-hybridized carbons (Fsp3) is 0.600. The topological polar surface area (TPSA) is 92.8 Å². The van der Waals surface area contributed by atoms with E-state index in [1.807, 2.05) is 4.90 Å². The van der Waals surface area contributed by atoms with Crippen LogP contribution in [0.1, 0.15) is 45.4 Å². The number of carbonyl (C=O) groups excluding carboxylic acids is 1. The number of benzene rings is 1. The maximum Gasteiger partial charge on any atom is 0.420 e. The Morgan fingerprint density at radius 1 is 1.14 bits per heavy atom. The van der Waals surface area contributed by atoms with E-state index in [9.17, 15) is 18.0 Å². The second-order valence-corrected chi connectivity index (χ2v) is 9.78. The normalized spacial score (nSPS) is 21.1. The van der Waals surface area contributed by atoms with Crippen molar-refractivity contribution in [3.8, 4) is 0 Å². The first kappa shape index (κ1) is 20.2. The summed E-state index contributed by atoms with van der Waals surface area (Å²) in [7, 11) is -3.60. The van der Waals surface area contributed by atoms with E-state index in [2.05, 4.69) is 6.92 Å². The molecule has 1 aromatic heterocycles. The van der Waals surface area contributed by atoms with Crippen molar-refractivity contribution in [3.05, 3.63) is 28.7 Å². The standard InChI is InChI=1S/C20H27N3O5S/c1-2-15-7-3-4-12-22(15)19(24)14-23-17-9-8-16(13-18(17)28-20(23)25)29(26,27)21-10-5-6-11-21/h8-9,13,15H,2-7,10-12,14H2,1H3/t15-/m0/s1. The monoisotopic (exact) mass is 421 g/mol. The average molecular weight is 422 g/mol. The number of rotatable bonds is 5. The number of likely N-dealkylation sites (tertiary alicyclic amines) is 1. The third-order valence-corrected chi connectivity index (χ3v) is 7.95. The molecule has 0 saturated carbocycles. The van der Waals surface area contributed by atoms with Gasteiger partial charge in [0.05, 0.1) is 10.4 Å². The van der Waals surface area contributed by atoms with Crippen molar-refractivity contribution in [3.63, 3.8) is 0 Å². The summed E-state index contributed by atoms with van der Waals surface area (Å²) in [6.07, 6.45) is 5.67. The van der Waals surface area contributed by atoms with E-state index in [0.717, 1.165) is 38.5 Å². The van der Waals surface area contributed by atoms with Crippen LogP contribution in [0.4, 0.5) is 0 Å². The molecule has 0 N–H and O–H groups in total. The summed E-state index contributed by atoms with van der Waals surface area (Å²) >= 11 is 0. The van der Waals surface area contributed by atoms with Crippen LogP contribution in [-0.4, -0.2) is 53.8 Å². The Bertz CT molecular complexity index is 1070. The van der Waals surface area contributed by atoms with E-state index >= 15 is 0 Å². The van der Waals surface area contributed by atoms with E-state index < -0.39 is 15.8 Å². The molecule has 2 saturated heterocycles. The fourth-order valence-electron chi connectivity index (χ4n) is 4.41. The zero-order chi connectivity index (χ0) is 20.6. The van der Waals surface area contributed by atoms with E-state index in [4.69, 9.17) is 4.42 Å². The minimum Gasteiger partial charge on any atom is -0.408 e. The smallest absolute Gasteiger partial charge is 0.408 e. The number of fused-ring (bicyclic) bond motifs is 1. The summed E-state index contributed by atoms with van der Waals surface area (Å²) in [5, 5.41) is 0. The summed E-state index contributed by atoms with van der Waals surface area (Å²) in [5.41, 5.74) is 0.627. The van der Waals surface area contributed by atoms with Crippen molar-refractivity contribution in [2.24, 2.45) is 0 Å². The molecule has 158 valence electrons. The van der Waals surface area contributed by atoms with Gasteiger partial charge in [-0.2, -0.15) is 4.31 Å². The first-order valence-corrected chi connectivity index (χ1v) is 11.8. The number of hydrogen-bond acceptors (Lipinski definition) is 5. The highest BCUT2D eigenvalue weighted by Crippen LogP contribution is 2.25. The van der Waals surface area contributed by atoms with Gasteiger partial charge in [0.15, 0.2) is 5.58 Å². The Morgan fingerprint density at radius 2 is 1.86 bits per heavy atom. The molecule has 0 aliphatic carbocycles. The largest absolute Gasteiger partial charge is 0.420 e. The second-order valence-electron chi connectivity index (χ2n) is 7.84. The number of sulfonamides is 1. The lowest BCUT2D eigenvalue weighted by atomic mass is 10.00. The van der Waals surface area contributed by atoms with Crippen LogP contribution in [-0.2, 0) is 21.4 Å². The number of nitrogens with zero attached hydrogens (tertiary/aromatic N) is 3. The summed E-state index contributed by atoms with van der Waals surface area (Å²) in [6.45, 7) is 3.70. The Balaban J connectivity index is 1.62. The van der Waals surface area contributed by atoms with Crippen LogP contribution in [0.15, 0.2) is 32.3 Å². The van der Waals surface area contributed by atoms with Gasteiger partial charge in [0.25, 0.3) is 0 Å². The minimum atomic E-state index is -3.60. The summed E-state index contributed by atoms with van der Waals surface area (Å²) in [5.74, 6) is -0.746. The molecule has 2 fully saturated rings. The van der Waals surface area contributed by atoms with E-state index in [0.29, 0.717) is 25.2 Å². The molecule has 8 nitrogen and oxygen atoms in total. The molecule has 0 spiro atoms. The zero-order valence-electron chi connectivity index (χ0n) is 16.7. The Kier molecular flexibility index (Phi) is 5.52. The fourth-order valence-corrected chi connectivity index (χ4v) is 5.95. The molecule has 0 bridgehead atoms. The minimum absolute atomic E-state index is 0.0967.